The van der Waals surface area contributed by atoms with Gasteiger partial charge < -0.3 is 20.6 Å². The van der Waals surface area contributed by atoms with Crippen LogP contribution in [0.25, 0.3) is 0 Å². The van der Waals surface area contributed by atoms with Gasteiger partial charge >= 0.3 is 12.0 Å². The molecular formula is C18H28N4O3. The van der Waals surface area contributed by atoms with Crippen molar-refractivity contribution in [3.05, 3.63) is 29.8 Å². The van der Waals surface area contributed by atoms with Crippen molar-refractivity contribution in [1.29, 1.82) is 0 Å². The number of carbonyl (C=O) groups excluding carboxylic acids is 1. The number of amides is 2. The molecule has 7 nitrogen and oxygen atoms in total. The summed E-state index contributed by atoms with van der Waals surface area (Å²) in [5.74, 6) is -1.04. The van der Waals surface area contributed by atoms with E-state index in [0.717, 1.165) is 45.6 Å². The molecule has 0 spiro atoms. The average Bonchev–Trinajstić information content (AvgIpc) is 2.60. The monoisotopic (exact) mass is 348 g/mol. The number of nitrogens with one attached hydrogen (secondary N) is 2. The molecule has 138 valence electrons. The van der Waals surface area contributed by atoms with Crippen LogP contribution in [0.15, 0.2) is 24.3 Å². The Kier molecular flexibility index (Phi) is 7.53. The third-order valence-electron chi connectivity index (χ3n) is 4.33. The van der Waals surface area contributed by atoms with Crippen molar-refractivity contribution in [2.24, 2.45) is 0 Å². The van der Waals surface area contributed by atoms with Gasteiger partial charge in [0.05, 0.1) is 0 Å². The van der Waals surface area contributed by atoms with Gasteiger partial charge in [-0.1, -0.05) is 12.1 Å². The van der Waals surface area contributed by atoms with Gasteiger partial charge in [0.25, 0.3) is 0 Å². The second kappa shape index (κ2) is 9.88. The molecule has 1 aliphatic heterocycles. The standard InChI is InChI=1S/C18H28N4O3/c1-15-5-4-6-16(13-15)22-11-9-21(10-12-22)8-3-2-7-19-18(25)20-14-17(23)24/h4-6,13H,2-3,7-12,14H2,1H3,(H,23,24)(H2,19,20,25). The van der Waals surface area contributed by atoms with Crippen LogP contribution in [0, 0.1) is 6.92 Å². The normalized spacial score (nSPS) is 15.0. The first kappa shape index (κ1) is 19.1. The van der Waals surface area contributed by atoms with Crippen LogP contribution in [-0.2, 0) is 4.79 Å². The third kappa shape index (κ3) is 7.01. The molecule has 2 rings (SSSR count). The van der Waals surface area contributed by atoms with Gasteiger partial charge in [0.2, 0.25) is 0 Å². The number of carbonyl (C=O) groups is 2. The summed E-state index contributed by atoms with van der Waals surface area (Å²) < 4.78 is 0. The smallest absolute Gasteiger partial charge is 0.323 e. The van der Waals surface area contributed by atoms with Gasteiger partial charge in [0.1, 0.15) is 6.54 Å². The lowest BCUT2D eigenvalue weighted by Crippen LogP contribution is -2.46. The zero-order valence-electron chi connectivity index (χ0n) is 14.8. The lowest BCUT2D eigenvalue weighted by molar-refractivity contribution is -0.135. The largest absolute Gasteiger partial charge is 0.480 e. The molecule has 1 saturated heterocycles. The van der Waals surface area contributed by atoms with Crippen molar-refractivity contribution in [2.75, 3.05) is 50.7 Å². The summed E-state index contributed by atoms with van der Waals surface area (Å²) in [6.45, 7) is 7.56. The van der Waals surface area contributed by atoms with E-state index >= 15 is 0 Å². The second-order valence-electron chi connectivity index (χ2n) is 6.38. The van der Waals surface area contributed by atoms with E-state index < -0.39 is 12.0 Å². The fraction of sp³-hybridized carbons (Fsp3) is 0.556. The predicted molar refractivity (Wildman–Crippen MR) is 98.1 cm³/mol. The predicted octanol–water partition coefficient (Wildman–Crippen LogP) is 1.28. The number of hydrogen-bond acceptors (Lipinski definition) is 4. The van der Waals surface area contributed by atoms with Crippen molar-refractivity contribution < 1.29 is 14.7 Å². The number of aliphatic carboxylic acids is 1. The first-order chi connectivity index (χ1) is 12.0. The Morgan fingerprint density at radius 3 is 2.56 bits per heavy atom. The summed E-state index contributed by atoms with van der Waals surface area (Å²) in [7, 11) is 0. The third-order valence-corrected chi connectivity index (χ3v) is 4.33. The van der Waals surface area contributed by atoms with Crippen molar-refractivity contribution in [3.63, 3.8) is 0 Å². The Hall–Kier alpha value is -2.28. The number of anilines is 1. The van der Waals surface area contributed by atoms with E-state index in [1.807, 2.05) is 0 Å². The summed E-state index contributed by atoms with van der Waals surface area (Å²) in [5, 5.41) is 13.4. The maximum absolute atomic E-state index is 11.3. The molecule has 1 aromatic rings. The molecule has 0 bridgehead atoms. The van der Waals surface area contributed by atoms with Crippen LogP contribution in [0.3, 0.4) is 0 Å². The molecule has 0 radical (unpaired) electrons. The molecule has 0 aromatic heterocycles. The van der Waals surface area contributed by atoms with Gasteiger partial charge in [-0.15, -0.1) is 0 Å². The van der Waals surface area contributed by atoms with Crippen molar-refractivity contribution in [1.82, 2.24) is 15.5 Å². The molecule has 2 amide bonds. The highest BCUT2D eigenvalue weighted by Gasteiger charge is 2.16. The Morgan fingerprint density at radius 1 is 1.12 bits per heavy atom. The van der Waals surface area contributed by atoms with Gasteiger partial charge in [-0.05, 0) is 44.0 Å². The number of urea groups is 1. The fourth-order valence-electron chi connectivity index (χ4n) is 2.94. The fourth-order valence-corrected chi connectivity index (χ4v) is 2.94. The molecule has 0 saturated carbocycles. The first-order valence-electron chi connectivity index (χ1n) is 8.82. The van der Waals surface area contributed by atoms with Gasteiger partial charge in [-0.25, -0.2) is 4.79 Å². The van der Waals surface area contributed by atoms with Gasteiger partial charge in [0, 0.05) is 38.4 Å². The van der Waals surface area contributed by atoms with Crippen LogP contribution in [-0.4, -0.2) is 67.8 Å². The van der Waals surface area contributed by atoms with Crippen molar-refractivity contribution in [3.8, 4) is 0 Å². The molecule has 0 aliphatic carbocycles. The second-order valence-corrected chi connectivity index (χ2v) is 6.38. The lowest BCUT2D eigenvalue weighted by Gasteiger charge is -2.36. The first-order valence-corrected chi connectivity index (χ1v) is 8.82. The highest BCUT2D eigenvalue weighted by Crippen LogP contribution is 2.17. The molecule has 7 heteroatoms. The van der Waals surface area contributed by atoms with E-state index in [1.54, 1.807) is 0 Å². The van der Waals surface area contributed by atoms with Crippen LogP contribution in [0.1, 0.15) is 18.4 Å². The van der Waals surface area contributed by atoms with Crippen LogP contribution in [0.5, 0.6) is 0 Å². The van der Waals surface area contributed by atoms with E-state index in [9.17, 15) is 9.59 Å². The number of benzene rings is 1. The summed E-state index contributed by atoms with van der Waals surface area (Å²) >= 11 is 0. The van der Waals surface area contributed by atoms with Crippen molar-refractivity contribution in [2.45, 2.75) is 19.8 Å². The molecule has 1 aliphatic rings. The summed E-state index contributed by atoms with van der Waals surface area (Å²) in [6.07, 6.45) is 1.91. The number of rotatable bonds is 8. The number of nitrogens with zero attached hydrogens (tertiary/aromatic N) is 2. The molecule has 1 aromatic carbocycles. The minimum Gasteiger partial charge on any atom is -0.480 e. The molecule has 3 N–H and O–H groups in total. The maximum Gasteiger partial charge on any atom is 0.323 e. The highest BCUT2D eigenvalue weighted by atomic mass is 16.4. The quantitative estimate of drug-likeness (QED) is 0.616. The molecule has 0 atom stereocenters. The number of hydrogen-bond donors (Lipinski definition) is 3. The number of carboxylic acids is 1. The van der Waals surface area contributed by atoms with Crippen LogP contribution in [0.4, 0.5) is 10.5 Å². The van der Waals surface area contributed by atoms with Gasteiger partial charge in [-0.3, -0.25) is 9.69 Å². The Balaban J connectivity index is 1.55. The average molecular weight is 348 g/mol. The van der Waals surface area contributed by atoms with Gasteiger partial charge in [0.15, 0.2) is 0 Å². The molecule has 1 fully saturated rings. The maximum atomic E-state index is 11.3. The SMILES string of the molecule is Cc1cccc(N2CCN(CCCCNC(=O)NCC(=O)O)CC2)c1. The van der Waals surface area contributed by atoms with Crippen LogP contribution >= 0.6 is 0 Å². The topological polar surface area (TPSA) is 84.9 Å². The lowest BCUT2D eigenvalue weighted by atomic mass is 10.2. The molecular weight excluding hydrogens is 320 g/mol. The van der Waals surface area contributed by atoms with E-state index in [4.69, 9.17) is 5.11 Å². The highest BCUT2D eigenvalue weighted by molar-refractivity contribution is 5.79. The number of piperazine rings is 1. The Bertz CT molecular complexity index is 571. The zero-order chi connectivity index (χ0) is 18.1. The minimum absolute atomic E-state index is 0.350. The molecule has 25 heavy (non-hydrogen) atoms. The van der Waals surface area contributed by atoms with E-state index in [2.05, 4.69) is 51.6 Å². The van der Waals surface area contributed by atoms with Crippen LogP contribution in [0.2, 0.25) is 0 Å². The summed E-state index contributed by atoms with van der Waals surface area (Å²) in [4.78, 5) is 26.5. The van der Waals surface area contributed by atoms with E-state index in [-0.39, 0.29) is 6.54 Å². The Morgan fingerprint density at radius 2 is 1.88 bits per heavy atom. The van der Waals surface area contributed by atoms with E-state index in [0.29, 0.717) is 6.54 Å². The van der Waals surface area contributed by atoms with Gasteiger partial charge in [-0.2, -0.15) is 0 Å². The molecule has 0 unspecified atom stereocenters. The minimum atomic E-state index is -1.04. The number of carboxylic acid groups (broad SMARTS) is 1. The number of unbranched alkanes of at least 4 members (excludes halogenated alkanes) is 1. The number of aryl methyl sites for hydroxylation is 1. The Labute approximate surface area is 149 Å². The molecule has 1 heterocycles. The summed E-state index contributed by atoms with van der Waals surface area (Å²) in [6, 6.07) is 8.21. The zero-order valence-corrected chi connectivity index (χ0v) is 14.8. The summed E-state index contributed by atoms with van der Waals surface area (Å²) in [5.41, 5.74) is 2.59. The van der Waals surface area contributed by atoms with Crippen LogP contribution < -0.4 is 15.5 Å². The van der Waals surface area contributed by atoms with E-state index in [1.165, 1.54) is 11.3 Å². The van der Waals surface area contributed by atoms with Crippen molar-refractivity contribution >= 4 is 17.7 Å².